The molecule has 0 aromatic heterocycles. The molecule has 2 rings (SSSR count). The van der Waals surface area contributed by atoms with Gasteiger partial charge in [0.2, 0.25) is 10.0 Å². The fourth-order valence-electron chi connectivity index (χ4n) is 2.58. The summed E-state index contributed by atoms with van der Waals surface area (Å²) in [7, 11) is -3.82. The summed E-state index contributed by atoms with van der Waals surface area (Å²) in [6.07, 6.45) is -0.661. The number of aliphatic hydroxyl groups excluding tert-OH is 2. The molecule has 1 aromatic carbocycles. The maximum Gasteiger partial charge on any atom is 0.245 e. The second-order valence-corrected chi connectivity index (χ2v) is 7.80. The van der Waals surface area contributed by atoms with Gasteiger partial charge in [0, 0.05) is 13.2 Å². The third kappa shape index (κ3) is 4.10. The van der Waals surface area contributed by atoms with Gasteiger partial charge < -0.3 is 14.9 Å². The summed E-state index contributed by atoms with van der Waals surface area (Å²) in [4.78, 5) is 0.131. The van der Waals surface area contributed by atoms with E-state index in [4.69, 9.17) is 4.74 Å². The van der Waals surface area contributed by atoms with E-state index < -0.39 is 28.5 Å². The average Bonchev–Trinajstić information content (AvgIpc) is 2.81. The Bertz CT molecular complexity index is 601. The molecule has 2 N–H and O–H groups in total. The molecular weight excluding hydrogens is 318 g/mol. The Morgan fingerprint density at radius 2 is 1.87 bits per heavy atom. The van der Waals surface area contributed by atoms with Gasteiger partial charge in [0.15, 0.2) is 6.23 Å². The number of nitrogens with zero attached hydrogens (tertiary/aromatic N) is 1. The lowest BCUT2D eigenvalue weighted by Gasteiger charge is -2.25. The molecule has 0 saturated carbocycles. The van der Waals surface area contributed by atoms with Crippen molar-refractivity contribution in [3.8, 4) is 0 Å². The largest absolute Gasteiger partial charge is 0.389 e. The molecule has 0 bridgehead atoms. The average molecular weight is 343 g/mol. The molecule has 6 nitrogen and oxygen atoms in total. The lowest BCUT2D eigenvalue weighted by atomic mass is 10.2. The number of aliphatic hydroxyl groups is 2. The monoisotopic (exact) mass is 343 g/mol. The normalized spacial score (nSPS) is 25.8. The lowest BCUT2D eigenvalue weighted by molar-refractivity contribution is -0.0802. The van der Waals surface area contributed by atoms with E-state index in [9.17, 15) is 18.6 Å². The molecule has 23 heavy (non-hydrogen) atoms. The molecule has 0 unspecified atom stereocenters. The summed E-state index contributed by atoms with van der Waals surface area (Å²) >= 11 is 0. The second-order valence-electron chi connectivity index (χ2n) is 5.91. The fourth-order valence-corrected chi connectivity index (χ4v) is 4.13. The van der Waals surface area contributed by atoms with Crippen molar-refractivity contribution in [3.63, 3.8) is 0 Å². The van der Waals surface area contributed by atoms with E-state index in [0.29, 0.717) is 6.61 Å². The van der Waals surface area contributed by atoms with Crippen LogP contribution in [0, 0.1) is 6.92 Å². The topological polar surface area (TPSA) is 87.1 Å². The van der Waals surface area contributed by atoms with Gasteiger partial charge in [-0.1, -0.05) is 37.5 Å². The van der Waals surface area contributed by atoms with Crippen LogP contribution < -0.4 is 0 Å². The van der Waals surface area contributed by atoms with Gasteiger partial charge in [0.05, 0.1) is 11.0 Å². The van der Waals surface area contributed by atoms with E-state index in [1.165, 1.54) is 12.1 Å². The Morgan fingerprint density at radius 3 is 2.48 bits per heavy atom. The van der Waals surface area contributed by atoms with E-state index in [1.54, 1.807) is 12.1 Å². The van der Waals surface area contributed by atoms with Crippen molar-refractivity contribution in [3.05, 3.63) is 29.8 Å². The van der Waals surface area contributed by atoms with E-state index in [2.05, 4.69) is 6.92 Å². The van der Waals surface area contributed by atoms with Crippen LogP contribution >= 0.6 is 0 Å². The molecule has 0 aliphatic carbocycles. The van der Waals surface area contributed by atoms with Crippen molar-refractivity contribution < 1.29 is 23.4 Å². The SMILES string of the molecule is CCCCCO[C@H]1[C@H](O)[C@H](O)CN1S(=O)(=O)c1ccc(C)cc1. The van der Waals surface area contributed by atoms with Crippen LogP contribution in [0.3, 0.4) is 0 Å². The molecule has 0 radical (unpaired) electrons. The molecule has 1 aromatic rings. The number of aryl methyl sites for hydroxylation is 1. The van der Waals surface area contributed by atoms with Gasteiger partial charge in [-0.3, -0.25) is 0 Å². The zero-order valence-corrected chi connectivity index (χ0v) is 14.4. The van der Waals surface area contributed by atoms with Crippen molar-refractivity contribution in [2.45, 2.75) is 56.4 Å². The van der Waals surface area contributed by atoms with Gasteiger partial charge in [-0.05, 0) is 25.5 Å². The van der Waals surface area contributed by atoms with E-state index in [1.807, 2.05) is 6.92 Å². The summed E-state index contributed by atoms with van der Waals surface area (Å²) in [6, 6.07) is 6.48. The highest BCUT2D eigenvalue weighted by Gasteiger charge is 2.47. The maximum atomic E-state index is 12.8. The molecule has 0 amide bonds. The first-order valence-electron chi connectivity index (χ1n) is 7.94. The minimum Gasteiger partial charge on any atom is -0.389 e. The Balaban J connectivity index is 2.18. The van der Waals surface area contributed by atoms with Gasteiger partial charge >= 0.3 is 0 Å². The van der Waals surface area contributed by atoms with Crippen LogP contribution in [-0.2, 0) is 14.8 Å². The van der Waals surface area contributed by atoms with Gasteiger partial charge in [-0.2, -0.15) is 4.31 Å². The highest BCUT2D eigenvalue weighted by molar-refractivity contribution is 7.89. The van der Waals surface area contributed by atoms with Crippen molar-refractivity contribution in [1.29, 1.82) is 0 Å². The van der Waals surface area contributed by atoms with E-state index in [0.717, 1.165) is 29.1 Å². The zero-order valence-electron chi connectivity index (χ0n) is 13.6. The lowest BCUT2D eigenvalue weighted by Crippen LogP contribution is -2.42. The van der Waals surface area contributed by atoms with Gasteiger partial charge in [0.1, 0.15) is 6.10 Å². The molecule has 3 atom stereocenters. The summed E-state index contributed by atoms with van der Waals surface area (Å²) in [5.41, 5.74) is 0.956. The Labute approximate surface area is 137 Å². The third-order valence-electron chi connectivity index (χ3n) is 4.00. The van der Waals surface area contributed by atoms with Gasteiger partial charge in [-0.25, -0.2) is 8.42 Å². The van der Waals surface area contributed by atoms with Crippen molar-refractivity contribution in [2.75, 3.05) is 13.2 Å². The Morgan fingerprint density at radius 1 is 1.22 bits per heavy atom. The summed E-state index contributed by atoms with van der Waals surface area (Å²) in [5, 5.41) is 19.9. The molecule has 1 aliphatic rings. The van der Waals surface area contributed by atoms with Crippen molar-refractivity contribution >= 4 is 10.0 Å². The first-order valence-corrected chi connectivity index (χ1v) is 9.38. The zero-order chi connectivity index (χ0) is 17.0. The third-order valence-corrected chi connectivity index (χ3v) is 5.84. The Kier molecular flexibility index (Phi) is 6.16. The van der Waals surface area contributed by atoms with Crippen LogP contribution in [0.5, 0.6) is 0 Å². The molecule has 130 valence electrons. The minimum atomic E-state index is -3.82. The quantitative estimate of drug-likeness (QED) is 0.728. The maximum absolute atomic E-state index is 12.8. The van der Waals surface area contributed by atoms with Crippen LogP contribution in [0.15, 0.2) is 29.2 Å². The molecule has 0 spiro atoms. The number of hydrogen-bond donors (Lipinski definition) is 2. The predicted molar refractivity (Wildman–Crippen MR) is 86.3 cm³/mol. The van der Waals surface area contributed by atoms with E-state index in [-0.39, 0.29) is 11.4 Å². The predicted octanol–water partition coefficient (Wildman–Crippen LogP) is 1.25. The van der Waals surface area contributed by atoms with Crippen LogP contribution in [0.1, 0.15) is 31.7 Å². The van der Waals surface area contributed by atoms with Crippen molar-refractivity contribution in [1.82, 2.24) is 4.31 Å². The van der Waals surface area contributed by atoms with Crippen LogP contribution in [0.2, 0.25) is 0 Å². The number of β-amino-alcohol motifs (C(OH)–C–C–N with tert-alkyl or cyclic N) is 1. The highest BCUT2D eigenvalue weighted by Crippen LogP contribution is 2.28. The van der Waals surface area contributed by atoms with Crippen LogP contribution in [0.4, 0.5) is 0 Å². The number of hydrogen-bond acceptors (Lipinski definition) is 5. The van der Waals surface area contributed by atoms with Crippen LogP contribution in [-0.4, -0.2) is 54.5 Å². The fraction of sp³-hybridized carbons (Fsp3) is 0.625. The molecular formula is C16H25NO5S. The number of rotatable bonds is 7. The first kappa shape index (κ1) is 18.4. The van der Waals surface area contributed by atoms with Gasteiger partial charge in [-0.15, -0.1) is 0 Å². The Hall–Kier alpha value is -0.990. The number of unbranched alkanes of at least 4 members (excludes halogenated alkanes) is 2. The number of sulfonamides is 1. The highest BCUT2D eigenvalue weighted by atomic mass is 32.2. The molecule has 1 saturated heterocycles. The van der Waals surface area contributed by atoms with E-state index >= 15 is 0 Å². The summed E-state index contributed by atoms with van der Waals surface area (Å²) in [6.45, 7) is 4.11. The smallest absolute Gasteiger partial charge is 0.245 e. The molecule has 1 aliphatic heterocycles. The molecule has 1 fully saturated rings. The molecule has 7 heteroatoms. The standard InChI is InChI=1S/C16H25NO5S/c1-3-4-5-10-22-16-15(19)14(18)11-17(16)23(20,21)13-8-6-12(2)7-9-13/h6-9,14-16,18-19H,3-5,10-11H2,1-2H3/t14-,15-,16+/m1/s1. The summed E-state index contributed by atoms with van der Waals surface area (Å²) in [5.74, 6) is 0. The van der Waals surface area contributed by atoms with Crippen LogP contribution in [0.25, 0.3) is 0 Å². The number of benzene rings is 1. The second kappa shape index (κ2) is 7.72. The summed E-state index contributed by atoms with van der Waals surface area (Å²) < 4.78 is 32.1. The first-order chi connectivity index (χ1) is 10.9. The van der Waals surface area contributed by atoms with Gasteiger partial charge in [0.25, 0.3) is 0 Å². The molecule has 1 heterocycles. The number of ether oxygens (including phenoxy) is 1. The minimum absolute atomic E-state index is 0.131. The van der Waals surface area contributed by atoms with Crippen molar-refractivity contribution in [2.24, 2.45) is 0 Å².